The molecule has 2 rings (SSSR count). The zero-order valence-corrected chi connectivity index (χ0v) is 11.3. The summed E-state index contributed by atoms with van der Waals surface area (Å²) < 4.78 is 0. The van der Waals surface area contributed by atoms with Crippen molar-refractivity contribution in [2.24, 2.45) is 5.73 Å². The molecule has 1 aliphatic heterocycles. The second-order valence-electron chi connectivity index (χ2n) is 4.63. The van der Waals surface area contributed by atoms with Gasteiger partial charge in [-0.25, -0.2) is 0 Å². The first kappa shape index (κ1) is 12.3. The lowest BCUT2D eigenvalue weighted by Gasteiger charge is -2.36. The van der Waals surface area contributed by atoms with Gasteiger partial charge in [0.05, 0.1) is 0 Å². The van der Waals surface area contributed by atoms with Crippen LogP contribution >= 0.6 is 12.2 Å². The Morgan fingerprint density at radius 2 is 1.88 bits per heavy atom. The molecule has 1 heterocycles. The van der Waals surface area contributed by atoms with Crippen molar-refractivity contribution >= 4 is 22.9 Å². The molecule has 1 aromatic carbocycles. The lowest BCUT2D eigenvalue weighted by atomic mass is 10.1. The van der Waals surface area contributed by atoms with Gasteiger partial charge in [0.25, 0.3) is 0 Å². The van der Waals surface area contributed by atoms with Crippen molar-refractivity contribution in [1.29, 1.82) is 0 Å². The first-order valence-corrected chi connectivity index (χ1v) is 6.33. The van der Waals surface area contributed by atoms with Gasteiger partial charge in [0, 0.05) is 37.4 Å². The van der Waals surface area contributed by atoms with Crippen LogP contribution in [0.15, 0.2) is 18.2 Å². The number of thiocarbonyl (C=S) groups is 1. The predicted octanol–water partition coefficient (Wildman–Crippen LogP) is 1.38. The highest BCUT2D eigenvalue weighted by atomic mass is 32.1. The summed E-state index contributed by atoms with van der Waals surface area (Å²) in [5, 5.41) is 0. The molecule has 92 valence electrons. The van der Waals surface area contributed by atoms with Crippen LogP contribution in [0.1, 0.15) is 11.1 Å². The molecule has 0 unspecified atom stereocenters. The van der Waals surface area contributed by atoms with Gasteiger partial charge >= 0.3 is 0 Å². The van der Waals surface area contributed by atoms with Crippen LogP contribution in [0.5, 0.6) is 0 Å². The van der Waals surface area contributed by atoms with E-state index in [0.717, 1.165) is 31.7 Å². The van der Waals surface area contributed by atoms with Crippen molar-refractivity contribution in [2.45, 2.75) is 6.92 Å². The van der Waals surface area contributed by atoms with Crippen molar-refractivity contribution in [2.75, 3.05) is 38.1 Å². The van der Waals surface area contributed by atoms with Crippen molar-refractivity contribution in [3.8, 4) is 0 Å². The van der Waals surface area contributed by atoms with E-state index in [9.17, 15) is 0 Å². The first-order valence-electron chi connectivity index (χ1n) is 5.92. The Hall–Kier alpha value is -1.13. The summed E-state index contributed by atoms with van der Waals surface area (Å²) in [7, 11) is 2.16. The van der Waals surface area contributed by atoms with Gasteiger partial charge in [-0.2, -0.15) is 0 Å². The number of rotatable bonds is 2. The van der Waals surface area contributed by atoms with Gasteiger partial charge in [0.2, 0.25) is 0 Å². The van der Waals surface area contributed by atoms with E-state index in [1.165, 1.54) is 11.3 Å². The molecular weight excluding hydrogens is 230 g/mol. The molecule has 1 aromatic rings. The Balaban J connectivity index is 2.33. The summed E-state index contributed by atoms with van der Waals surface area (Å²) in [6.45, 7) is 6.37. The lowest BCUT2D eigenvalue weighted by Crippen LogP contribution is -2.45. The van der Waals surface area contributed by atoms with Crippen LogP contribution in [0.3, 0.4) is 0 Å². The molecule has 0 atom stereocenters. The van der Waals surface area contributed by atoms with E-state index in [0.29, 0.717) is 4.99 Å². The summed E-state index contributed by atoms with van der Waals surface area (Å²) >= 11 is 5.14. The molecule has 0 spiro atoms. The summed E-state index contributed by atoms with van der Waals surface area (Å²) in [6, 6.07) is 6.15. The fourth-order valence-corrected chi connectivity index (χ4v) is 2.47. The van der Waals surface area contributed by atoms with Gasteiger partial charge in [-0.3, -0.25) is 0 Å². The Morgan fingerprint density at radius 3 is 2.47 bits per heavy atom. The van der Waals surface area contributed by atoms with Crippen LogP contribution in [0, 0.1) is 6.92 Å². The number of likely N-dealkylation sites (N-methyl/N-ethyl adjacent to an activating group) is 1. The molecule has 1 saturated heterocycles. The minimum Gasteiger partial charge on any atom is -0.389 e. The maximum Gasteiger partial charge on any atom is 0.106 e. The predicted molar refractivity (Wildman–Crippen MR) is 76.8 cm³/mol. The smallest absolute Gasteiger partial charge is 0.106 e. The molecule has 1 aliphatic rings. The third-order valence-corrected chi connectivity index (χ3v) is 3.54. The van der Waals surface area contributed by atoms with Crippen molar-refractivity contribution in [1.82, 2.24) is 4.90 Å². The van der Waals surface area contributed by atoms with E-state index in [1.54, 1.807) is 0 Å². The Kier molecular flexibility index (Phi) is 3.64. The van der Waals surface area contributed by atoms with Crippen molar-refractivity contribution in [3.63, 3.8) is 0 Å². The molecule has 17 heavy (non-hydrogen) atoms. The number of para-hydroxylation sites is 1. The highest BCUT2D eigenvalue weighted by molar-refractivity contribution is 7.80. The lowest BCUT2D eigenvalue weighted by molar-refractivity contribution is 0.312. The second-order valence-corrected chi connectivity index (χ2v) is 5.07. The Bertz CT molecular complexity index is 423. The highest BCUT2D eigenvalue weighted by Crippen LogP contribution is 2.26. The summed E-state index contributed by atoms with van der Waals surface area (Å²) in [5.41, 5.74) is 9.28. The van der Waals surface area contributed by atoms with Crippen LogP contribution in [0.4, 0.5) is 5.69 Å². The largest absolute Gasteiger partial charge is 0.389 e. The third-order valence-electron chi connectivity index (χ3n) is 3.32. The Labute approximate surface area is 108 Å². The highest BCUT2D eigenvalue weighted by Gasteiger charge is 2.19. The SMILES string of the molecule is Cc1cccc(C(N)=S)c1N1CCN(C)CC1. The fourth-order valence-electron chi connectivity index (χ4n) is 2.31. The zero-order valence-electron chi connectivity index (χ0n) is 10.4. The van der Waals surface area contributed by atoms with Crippen LogP contribution in [-0.2, 0) is 0 Å². The minimum absolute atomic E-state index is 0.489. The average Bonchev–Trinajstić information content (AvgIpc) is 2.30. The van der Waals surface area contributed by atoms with Crippen LogP contribution < -0.4 is 10.6 Å². The van der Waals surface area contributed by atoms with E-state index in [4.69, 9.17) is 18.0 Å². The standard InChI is InChI=1S/C13H19N3S/c1-10-4-3-5-11(13(14)17)12(10)16-8-6-15(2)7-9-16/h3-5H,6-9H2,1-2H3,(H2,14,17). The maximum absolute atomic E-state index is 5.81. The number of hydrogen-bond donors (Lipinski definition) is 1. The van der Waals surface area contributed by atoms with E-state index in [1.807, 2.05) is 12.1 Å². The van der Waals surface area contributed by atoms with Crippen LogP contribution in [0.2, 0.25) is 0 Å². The second kappa shape index (κ2) is 5.02. The molecule has 2 N–H and O–H groups in total. The molecule has 0 aliphatic carbocycles. The quantitative estimate of drug-likeness (QED) is 0.803. The molecule has 3 nitrogen and oxygen atoms in total. The number of nitrogens with two attached hydrogens (primary N) is 1. The number of anilines is 1. The fraction of sp³-hybridized carbons (Fsp3) is 0.462. The maximum atomic E-state index is 5.81. The van der Waals surface area contributed by atoms with Crippen LogP contribution in [0.25, 0.3) is 0 Å². The molecular formula is C13H19N3S. The zero-order chi connectivity index (χ0) is 12.4. The molecule has 0 radical (unpaired) electrons. The van der Waals surface area contributed by atoms with E-state index in [2.05, 4.69) is 29.8 Å². The van der Waals surface area contributed by atoms with Gasteiger partial charge in [-0.05, 0) is 25.6 Å². The summed E-state index contributed by atoms with van der Waals surface area (Å²) in [5.74, 6) is 0. The van der Waals surface area contributed by atoms with Gasteiger partial charge in [0.1, 0.15) is 4.99 Å². The topological polar surface area (TPSA) is 32.5 Å². The third kappa shape index (κ3) is 2.58. The van der Waals surface area contributed by atoms with Gasteiger partial charge in [-0.1, -0.05) is 24.4 Å². The number of hydrogen-bond acceptors (Lipinski definition) is 3. The number of piperazine rings is 1. The van der Waals surface area contributed by atoms with Crippen molar-refractivity contribution < 1.29 is 0 Å². The number of aryl methyl sites for hydroxylation is 1. The summed E-state index contributed by atoms with van der Waals surface area (Å²) in [6.07, 6.45) is 0. The van der Waals surface area contributed by atoms with Gasteiger partial charge < -0.3 is 15.5 Å². The van der Waals surface area contributed by atoms with E-state index < -0.39 is 0 Å². The minimum atomic E-state index is 0.489. The molecule has 0 amide bonds. The molecule has 1 fully saturated rings. The molecule has 4 heteroatoms. The van der Waals surface area contributed by atoms with Gasteiger partial charge in [-0.15, -0.1) is 0 Å². The average molecular weight is 249 g/mol. The number of benzene rings is 1. The molecule has 0 bridgehead atoms. The first-order chi connectivity index (χ1) is 8.09. The van der Waals surface area contributed by atoms with Crippen molar-refractivity contribution in [3.05, 3.63) is 29.3 Å². The van der Waals surface area contributed by atoms with E-state index >= 15 is 0 Å². The molecule has 0 aromatic heterocycles. The Morgan fingerprint density at radius 1 is 1.24 bits per heavy atom. The van der Waals surface area contributed by atoms with Gasteiger partial charge in [0.15, 0.2) is 0 Å². The van der Waals surface area contributed by atoms with Crippen LogP contribution in [-0.4, -0.2) is 43.1 Å². The monoisotopic (exact) mass is 249 g/mol. The normalized spacial score (nSPS) is 17.2. The molecule has 0 saturated carbocycles. The summed E-state index contributed by atoms with van der Waals surface area (Å²) in [4.78, 5) is 5.22. The van der Waals surface area contributed by atoms with E-state index in [-0.39, 0.29) is 0 Å². The number of nitrogens with zero attached hydrogens (tertiary/aromatic N) is 2.